The lowest BCUT2D eigenvalue weighted by atomic mass is 9.89. The fraction of sp³-hybridized carbons (Fsp3) is 0.0833. The van der Waals surface area contributed by atoms with E-state index in [1.54, 1.807) is 14.2 Å². The molecular formula is C24H20O2. The van der Waals surface area contributed by atoms with E-state index >= 15 is 0 Å². The molecule has 0 aliphatic carbocycles. The van der Waals surface area contributed by atoms with Crippen LogP contribution >= 0.6 is 0 Å². The predicted molar refractivity (Wildman–Crippen MR) is 108 cm³/mol. The van der Waals surface area contributed by atoms with Crippen LogP contribution in [0.25, 0.3) is 33.0 Å². The van der Waals surface area contributed by atoms with E-state index < -0.39 is 0 Å². The molecule has 0 amide bonds. The van der Waals surface area contributed by atoms with Crippen molar-refractivity contribution in [3.05, 3.63) is 84.9 Å². The lowest BCUT2D eigenvalue weighted by Gasteiger charge is -2.18. The Balaban J connectivity index is 2.17. The number of fused-ring (bicyclic) bond motifs is 1. The van der Waals surface area contributed by atoms with Gasteiger partial charge in [-0.1, -0.05) is 66.7 Å². The second-order valence-corrected chi connectivity index (χ2v) is 6.11. The van der Waals surface area contributed by atoms with Gasteiger partial charge in [-0.2, -0.15) is 0 Å². The topological polar surface area (TPSA) is 18.5 Å². The van der Waals surface area contributed by atoms with E-state index in [9.17, 15) is 0 Å². The summed E-state index contributed by atoms with van der Waals surface area (Å²) >= 11 is 0. The third-order valence-corrected chi connectivity index (χ3v) is 4.69. The third-order valence-electron chi connectivity index (χ3n) is 4.69. The second-order valence-electron chi connectivity index (χ2n) is 6.11. The quantitative estimate of drug-likeness (QED) is 0.441. The van der Waals surface area contributed by atoms with Crippen molar-refractivity contribution in [1.29, 1.82) is 0 Å². The van der Waals surface area contributed by atoms with Crippen LogP contribution < -0.4 is 9.47 Å². The summed E-state index contributed by atoms with van der Waals surface area (Å²) in [5, 5.41) is 2.12. The molecular weight excluding hydrogens is 320 g/mol. The van der Waals surface area contributed by atoms with Crippen LogP contribution in [0.4, 0.5) is 0 Å². The standard InChI is InChI=1S/C24H20O2/c1-25-21-15-16-22(26-2)24-20(21)14-13-19(17-9-5-3-6-10-17)23(24)18-11-7-4-8-12-18/h3-16H,1-2H3. The molecule has 4 aromatic rings. The van der Waals surface area contributed by atoms with Gasteiger partial charge in [0.15, 0.2) is 0 Å². The summed E-state index contributed by atoms with van der Waals surface area (Å²) in [5.41, 5.74) is 4.67. The van der Waals surface area contributed by atoms with E-state index in [2.05, 4.69) is 60.7 Å². The van der Waals surface area contributed by atoms with Crippen molar-refractivity contribution in [3.8, 4) is 33.8 Å². The average Bonchev–Trinajstić information content (AvgIpc) is 2.73. The Bertz CT molecular complexity index is 1040. The summed E-state index contributed by atoms with van der Waals surface area (Å²) in [5.74, 6) is 1.69. The number of ether oxygens (including phenoxy) is 2. The van der Waals surface area contributed by atoms with Crippen LogP contribution in [0.3, 0.4) is 0 Å². The highest BCUT2D eigenvalue weighted by Crippen LogP contribution is 2.44. The lowest BCUT2D eigenvalue weighted by Crippen LogP contribution is -1.94. The van der Waals surface area contributed by atoms with Crippen LogP contribution in [0.15, 0.2) is 84.9 Å². The van der Waals surface area contributed by atoms with Gasteiger partial charge < -0.3 is 9.47 Å². The van der Waals surface area contributed by atoms with Gasteiger partial charge in [0.25, 0.3) is 0 Å². The molecule has 0 atom stereocenters. The molecule has 0 spiro atoms. The van der Waals surface area contributed by atoms with Gasteiger partial charge in [0.2, 0.25) is 0 Å². The van der Waals surface area contributed by atoms with Crippen molar-refractivity contribution >= 4 is 10.8 Å². The van der Waals surface area contributed by atoms with Crippen molar-refractivity contribution in [2.45, 2.75) is 0 Å². The Hall–Kier alpha value is -3.26. The molecule has 26 heavy (non-hydrogen) atoms. The predicted octanol–water partition coefficient (Wildman–Crippen LogP) is 6.19. The minimum absolute atomic E-state index is 0.845. The van der Waals surface area contributed by atoms with Gasteiger partial charge in [-0.3, -0.25) is 0 Å². The summed E-state index contributed by atoms with van der Waals surface area (Å²) in [6.07, 6.45) is 0. The Kier molecular flexibility index (Phi) is 4.32. The molecule has 2 nitrogen and oxygen atoms in total. The van der Waals surface area contributed by atoms with Crippen LogP contribution in [0.5, 0.6) is 11.5 Å². The number of methoxy groups -OCH3 is 2. The second kappa shape index (κ2) is 6.93. The molecule has 0 aromatic heterocycles. The first-order chi connectivity index (χ1) is 12.8. The Morgan fingerprint density at radius 1 is 0.538 bits per heavy atom. The van der Waals surface area contributed by atoms with Crippen LogP contribution in [-0.2, 0) is 0 Å². The largest absolute Gasteiger partial charge is 0.496 e. The highest BCUT2D eigenvalue weighted by atomic mass is 16.5. The first-order valence-corrected chi connectivity index (χ1v) is 8.62. The molecule has 0 radical (unpaired) electrons. The summed E-state index contributed by atoms with van der Waals surface area (Å²) in [6.45, 7) is 0. The highest BCUT2D eigenvalue weighted by Gasteiger charge is 2.17. The first kappa shape index (κ1) is 16.2. The Labute approximate surface area is 153 Å². The summed E-state index contributed by atoms with van der Waals surface area (Å²) in [6, 6.07) is 29.1. The lowest BCUT2D eigenvalue weighted by molar-refractivity contribution is 0.410. The van der Waals surface area contributed by atoms with Crippen LogP contribution in [0, 0.1) is 0 Å². The van der Waals surface area contributed by atoms with E-state index in [0.717, 1.165) is 33.4 Å². The molecule has 4 aromatic carbocycles. The summed E-state index contributed by atoms with van der Waals surface area (Å²) < 4.78 is 11.3. The molecule has 0 fully saturated rings. The van der Waals surface area contributed by atoms with Gasteiger partial charge in [-0.15, -0.1) is 0 Å². The molecule has 2 heteroatoms. The molecule has 4 rings (SSSR count). The molecule has 0 saturated carbocycles. The van der Waals surface area contributed by atoms with Crippen LogP contribution in [-0.4, -0.2) is 14.2 Å². The van der Waals surface area contributed by atoms with Crippen LogP contribution in [0.2, 0.25) is 0 Å². The molecule has 0 heterocycles. The smallest absolute Gasteiger partial charge is 0.127 e. The van der Waals surface area contributed by atoms with Crippen molar-refractivity contribution in [1.82, 2.24) is 0 Å². The van der Waals surface area contributed by atoms with Gasteiger partial charge in [0, 0.05) is 16.3 Å². The minimum Gasteiger partial charge on any atom is -0.496 e. The fourth-order valence-corrected chi connectivity index (χ4v) is 3.50. The molecule has 128 valence electrons. The zero-order chi connectivity index (χ0) is 17.9. The number of benzene rings is 4. The number of rotatable bonds is 4. The molecule has 0 saturated heterocycles. The maximum atomic E-state index is 5.72. The van der Waals surface area contributed by atoms with E-state index in [1.807, 2.05) is 24.3 Å². The van der Waals surface area contributed by atoms with Crippen molar-refractivity contribution < 1.29 is 9.47 Å². The van der Waals surface area contributed by atoms with Crippen molar-refractivity contribution in [2.24, 2.45) is 0 Å². The molecule has 0 N–H and O–H groups in total. The summed E-state index contributed by atoms with van der Waals surface area (Å²) in [4.78, 5) is 0. The maximum absolute atomic E-state index is 5.72. The SMILES string of the molecule is COc1ccc(OC)c2c(-c3ccccc3)c(-c3ccccc3)ccc12. The number of hydrogen-bond donors (Lipinski definition) is 0. The third kappa shape index (κ3) is 2.70. The van der Waals surface area contributed by atoms with E-state index in [1.165, 1.54) is 11.1 Å². The first-order valence-electron chi connectivity index (χ1n) is 8.62. The van der Waals surface area contributed by atoms with Gasteiger partial charge in [0.1, 0.15) is 11.5 Å². The molecule has 0 aliphatic rings. The Morgan fingerprint density at radius 2 is 1.12 bits per heavy atom. The average molecular weight is 340 g/mol. The van der Waals surface area contributed by atoms with Crippen molar-refractivity contribution in [2.75, 3.05) is 14.2 Å². The minimum atomic E-state index is 0.845. The van der Waals surface area contributed by atoms with Gasteiger partial charge in [-0.05, 0) is 34.9 Å². The van der Waals surface area contributed by atoms with E-state index in [-0.39, 0.29) is 0 Å². The van der Waals surface area contributed by atoms with E-state index in [4.69, 9.17) is 9.47 Å². The number of hydrogen-bond acceptors (Lipinski definition) is 2. The van der Waals surface area contributed by atoms with Crippen molar-refractivity contribution in [3.63, 3.8) is 0 Å². The van der Waals surface area contributed by atoms with Gasteiger partial charge in [0.05, 0.1) is 14.2 Å². The monoisotopic (exact) mass is 340 g/mol. The zero-order valence-electron chi connectivity index (χ0n) is 14.9. The van der Waals surface area contributed by atoms with E-state index in [0.29, 0.717) is 0 Å². The zero-order valence-corrected chi connectivity index (χ0v) is 14.9. The fourth-order valence-electron chi connectivity index (χ4n) is 3.50. The maximum Gasteiger partial charge on any atom is 0.127 e. The van der Waals surface area contributed by atoms with Gasteiger partial charge in [-0.25, -0.2) is 0 Å². The molecule has 0 aliphatic heterocycles. The summed E-state index contributed by atoms with van der Waals surface area (Å²) in [7, 11) is 3.42. The normalized spacial score (nSPS) is 10.7. The molecule has 0 bridgehead atoms. The van der Waals surface area contributed by atoms with Crippen LogP contribution in [0.1, 0.15) is 0 Å². The Morgan fingerprint density at radius 3 is 1.73 bits per heavy atom. The van der Waals surface area contributed by atoms with Gasteiger partial charge >= 0.3 is 0 Å². The molecule has 0 unspecified atom stereocenters. The highest BCUT2D eigenvalue weighted by molar-refractivity contribution is 6.09.